The van der Waals surface area contributed by atoms with Crippen LogP contribution in [0.15, 0.2) is 36.5 Å². The minimum Gasteiger partial charge on any atom is -0.393 e. The topological polar surface area (TPSA) is 68.0 Å². The summed E-state index contributed by atoms with van der Waals surface area (Å²) in [5.41, 5.74) is 6.71. The van der Waals surface area contributed by atoms with Crippen molar-refractivity contribution >= 4 is 34.0 Å². The molecule has 0 saturated carbocycles. The first-order chi connectivity index (χ1) is 9.18. The molecule has 0 aliphatic heterocycles. The second-order valence-electron chi connectivity index (χ2n) is 4.21. The van der Waals surface area contributed by atoms with E-state index in [1.165, 1.54) is 0 Å². The van der Waals surface area contributed by atoms with Crippen molar-refractivity contribution in [1.82, 2.24) is 10.3 Å². The van der Waals surface area contributed by atoms with Crippen LogP contribution in [-0.4, -0.2) is 22.4 Å². The number of rotatable bonds is 5. The lowest BCUT2D eigenvalue weighted by Gasteiger charge is -2.07. The minimum atomic E-state index is -0.118. The summed E-state index contributed by atoms with van der Waals surface area (Å²) in [4.78, 5) is 16.8. The first kappa shape index (κ1) is 13.4. The number of nitrogens with two attached hydrogens (primary N) is 1. The zero-order valence-corrected chi connectivity index (χ0v) is 11.2. The maximum Gasteiger partial charge on any atom is 0.253 e. The molecular weight excluding hydrogens is 258 g/mol. The van der Waals surface area contributed by atoms with Crippen molar-refractivity contribution in [2.75, 3.05) is 6.54 Å². The van der Waals surface area contributed by atoms with E-state index in [4.69, 9.17) is 18.0 Å². The average Bonchev–Trinajstić information content (AvgIpc) is 2.42. The summed E-state index contributed by atoms with van der Waals surface area (Å²) in [5.74, 6) is -0.118. The Labute approximate surface area is 117 Å². The van der Waals surface area contributed by atoms with E-state index < -0.39 is 0 Å². The van der Waals surface area contributed by atoms with E-state index in [0.29, 0.717) is 23.5 Å². The SMILES string of the molecule is NC(=S)CCCNC(=O)c1cccc2cccnc12. The molecule has 2 rings (SSSR count). The lowest BCUT2D eigenvalue weighted by atomic mass is 10.1. The van der Waals surface area contributed by atoms with Gasteiger partial charge in [0, 0.05) is 18.1 Å². The number of hydrogen-bond donors (Lipinski definition) is 2. The van der Waals surface area contributed by atoms with Crippen LogP contribution in [-0.2, 0) is 0 Å². The summed E-state index contributed by atoms with van der Waals surface area (Å²) in [6.07, 6.45) is 3.08. The molecule has 0 aliphatic carbocycles. The highest BCUT2D eigenvalue weighted by atomic mass is 32.1. The monoisotopic (exact) mass is 273 g/mol. The number of carbonyl (C=O) groups is 1. The van der Waals surface area contributed by atoms with Gasteiger partial charge >= 0.3 is 0 Å². The molecule has 0 bridgehead atoms. The van der Waals surface area contributed by atoms with E-state index >= 15 is 0 Å². The van der Waals surface area contributed by atoms with Gasteiger partial charge in [-0.1, -0.05) is 30.4 Å². The highest BCUT2D eigenvalue weighted by Gasteiger charge is 2.09. The minimum absolute atomic E-state index is 0.118. The summed E-state index contributed by atoms with van der Waals surface area (Å²) in [7, 11) is 0. The first-order valence-corrected chi connectivity index (χ1v) is 6.49. The molecule has 1 heterocycles. The Morgan fingerprint density at radius 2 is 2.11 bits per heavy atom. The Bertz CT molecular complexity index is 607. The molecule has 1 aromatic heterocycles. The molecular formula is C14H15N3OS. The van der Waals surface area contributed by atoms with E-state index in [1.807, 2.05) is 24.3 Å². The van der Waals surface area contributed by atoms with E-state index in [-0.39, 0.29) is 5.91 Å². The number of nitrogens with zero attached hydrogens (tertiary/aromatic N) is 1. The average molecular weight is 273 g/mol. The van der Waals surface area contributed by atoms with E-state index in [2.05, 4.69) is 10.3 Å². The number of aromatic nitrogens is 1. The Hall–Kier alpha value is -2.01. The fourth-order valence-corrected chi connectivity index (χ4v) is 1.99. The van der Waals surface area contributed by atoms with E-state index in [1.54, 1.807) is 12.3 Å². The van der Waals surface area contributed by atoms with Crippen LogP contribution in [0.4, 0.5) is 0 Å². The van der Waals surface area contributed by atoms with Gasteiger partial charge in [-0.15, -0.1) is 0 Å². The molecule has 1 amide bonds. The third-order valence-corrected chi connectivity index (χ3v) is 2.97. The van der Waals surface area contributed by atoms with Crippen LogP contribution < -0.4 is 11.1 Å². The largest absolute Gasteiger partial charge is 0.393 e. The summed E-state index contributed by atoms with van der Waals surface area (Å²) in [5, 5.41) is 3.81. The Morgan fingerprint density at radius 3 is 2.89 bits per heavy atom. The zero-order chi connectivity index (χ0) is 13.7. The van der Waals surface area contributed by atoms with Crippen molar-refractivity contribution in [3.63, 3.8) is 0 Å². The van der Waals surface area contributed by atoms with Crippen molar-refractivity contribution in [2.45, 2.75) is 12.8 Å². The lowest BCUT2D eigenvalue weighted by Crippen LogP contribution is -2.25. The van der Waals surface area contributed by atoms with Gasteiger partial charge in [-0.05, 0) is 25.0 Å². The second kappa shape index (κ2) is 6.24. The molecule has 98 valence electrons. The Morgan fingerprint density at radius 1 is 1.32 bits per heavy atom. The molecule has 0 atom stereocenters. The van der Waals surface area contributed by atoms with E-state index in [0.717, 1.165) is 17.3 Å². The summed E-state index contributed by atoms with van der Waals surface area (Å²) in [6, 6.07) is 9.36. The van der Waals surface area contributed by atoms with Crippen LogP contribution >= 0.6 is 12.2 Å². The van der Waals surface area contributed by atoms with Crippen LogP contribution in [0.2, 0.25) is 0 Å². The predicted octanol–water partition coefficient (Wildman–Crippen LogP) is 2.03. The fraction of sp³-hybridized carbons (Fsp3) is 0.214. The molecule has 0 unspecified atom stereocenters. The van der Waals surface area contributed by atoms with Crippen molar-refractivity contribution in [2.24, 2.45) is 5.73 Å². The molecule has 0 saturated heterocycles. The van der Waals surface area contributed by atoms with E-state index in [9.17, 15) is 4.79 Å². The third kappa shape index (κ3) is 3.48. The van der Waals surface area contributed by atoms with Crippen molar-refractivity contribution < 1.29 is 4.79 Å². The summed E-state index contributed by atoms with van der Waals surface area (Å²) >= 11 is 4.79. The van der Waals surface area contributed by atoms with Gasteiger partial charge in [-0.2, -0.15) is 0 Å². The van der Waals surface area contributed by atoms with Crippen LogP contribution in [0.3, 0.4) is 0 Å². The standard InChI is InChI=1S/C14H15N3OS/c15-12(19)7-3-9-17-14(18)11-6-1-4-10-5-2-8-16-13(10)11/h1-2,4-6,8H,3,7,9H2,(H2,15,19)(H,17,18). The number of hydrogen-bond acceptors (Lipinski definition) is 3. The molecule has 0 radical (unpaired) electrons. The molecule has 0 fully saturated rings. The molecule has 5 heteroatoms. The van der Waals surface area contributed by atoms with Gasteiger partial charge in [-0.3, -0.25) is 9.78 Å². The maximum atomic E-state index is 12.1. The molecule has 0 aliphatic rings. The predicted molar refractivity (Wildman–Crippen MR) is 80.1 cm³/mol. The van der Waals surface area contributed by atoms with Gasteiger partial charge < -0.3 is 11.1 Å². The van der Waals surface area contributed by atoms with Gasteiger partial charge in [0.25, 0.3) is 5.91 Å². The number of thiocarbonyl (C=S) groups is 1. The molecule has 1 aromatic carbocycles. The normalized spacial score (nSPS) is 10.3. The molecule has 19 heavy (non-hydrogen) atoms. The van der Waals surface area contributed by atoms with Crippen molar-refractivity contribution in [1.29, 1.82) is 0 Å². The van der Waals surface area contributed by atoms with Crippen molar-refractivity contribution in [3.05, 3.63) is 42.1 Å². The van der Waals surface area contributed by atoms with Gasteiger partial charge in [0.05, 0.1) is 16.1 Å². The van der Waals surface area contributed by atoms with Crippen LogP contribution in [0, 0.1) is 0 Å². The number of pyridine rings is 1. The molecule has 2 aromatic rings. The smallest absolute Gasteiger partial charge is 0.253 e. The Kier molecular flexibility index (Phi) is 4.41. The van der Waals surface area contributed by atoms with Crippen LogP contribution in [0.25, 0.3) is 10.9 Å². The fourth-order valence-electron chi connectivity index (χ4n) is 1.85. The quantitative estimate of drug-likeness (QED) is 0.646. The molecule has 3 N–H and O–H groups in total. The number of benzene rings is 1. The van der Waals surface area contributed by atoms with Crippen LogP contribution in [0.5, 0.6) is 0 Å². The maximum absolute atomic E-state index is 12.1. The van der Waals surface area contributed by atoms with Gasteiger partial charge in [-0.25, -0.2) is 0 Å². The third-order valence-electron chi connectivity index (χ3n) is 2.76. The van der Waals surface area contributed by atoms with Crippen molar-refractivity contribution in [3.8, 4) is 0 Å². The summed E-state index contributed by atoms with van der Waals surface area (Å²) < 4.78 is 0. The van der Waals surface area contributed by atoms with Gasteiger partial charge in [0.2, 0.25) is 0 Å². The van der Waals surface area contributed by atoms with Gasteiger partial charge in [0.15, 0.2) is 0 Å². The first-order valence-electron chi connectivity index (χ1n) is 6.09. The molecule has 0 spiro atoms. The van der Waals surface area contributed by atoms with Crippen LogP contribution in [0.1, 0.15) is 23.2 Å². The number of fused-ring (bicyclic) bond motifs is 1. The highest BCUT2D eigenvalue weighted by molar-refractivity contribution is 7.80. The summed E-state index contributed by atoms with van der Waals surface area (Å²) in [6.45, 7) is 0.555. The zero-order valence-electron chi connectivity index (χ0n) is 10.4. The number of nitrogens with one attached hydrogen (secondary N) is 1. The number of carbonyl (C=O) groups excluding carboxylic acids is 1. The highest BCUT2D eigenvalue weighted by Crippen LogP contribution is 2.15. The Balaban J connectivity index is 2.07. The second-order valence-corrected chi connectivity index (χ2v) is 4.73. The van der Waals surface area contributed by atoms with Gasteiger partial charge in [0.1, 0.15) is 0 Å². The lowest BCUT2D eigenvalue weighted by molar-refractivity contribution is 0.0955. The number of amides is 1. The molecule has 4 nitrogen and oxygen atoms in total. The number of para-hydroxylation sites is 1.